The molecule has 0 amide bonds. The normalized spacial score (nSPS) is 17.2. The van der Waals surface area contributed by atoms with Crippen LogP contribution in [0, 0.1) is 0 Å². The minimum atomic E-state index is -0.0259. The second kappa shape index (κ2) is 4.37. The number of anilines is 1. The Bertz CT molecular complexity index is 297. The Hall–Kier alpha value is -1.16. The van der Waals surface area contributed by atoms with E-state index < -0.39 is 0 Å². The molecule has 4 heteroatoms. The average molecular weight is 193 g/mol. The Morgan fingerprint density at radius 2 is 2.21 bits per heavy atom. The average Bonchev–Trinajstić information content (AvgIpc) is 2.71. The lowest BCUT2D eigenvalue weighted by molar-refractivity contribution is 0.277. The monoisotopic (exact) mass is 193 g/mol. The smallest absolute Gasteiger partial charge is 0.223 e. The fourth-order valence-corrected chi connectivity index (χ4v) is 1.81. The molecule has 2 N–H and O–H groups in total. The molecule has 1 saturated carbocycles. The van der Waals surface area contributed by atoms with Crippen molar-refractivity contribution in [2.45, 2.75) is 38.3 Å². The summed E-state index contributed by atoms with van der Waals surface area (Å²) in [5, 5.41) is 12.2. The van der Waals surface area contributed by atoms with Crippen molar-refractivity contribution < 1.29 is 5.11 Å². The van der Waals surface area contributed by atoms with Gasteiger partial charge in [0.05, 0.1) is 12.3 Å². The maximum atomic E-state index is 8.90. The van der Waals surface area contributed by atoms with E-state index in [2.05, 4.69) is 15.3 Å². The van der Waals surface area contributed by atoms with Crippen LogP contribution in [0.2, 0.25) is 0 Å². The topological polar surface area (TPSA) is 58.0 Å². The van der Waals surface area contributed by atoms with Crippen molar-refractivity contribution in [3.8, 4) is 0 Å². The van der Waals surface area contributed by atoms with E-state index >= 15 is 0 Å². The number of rotatable bonds is 3. The summed E-state index contributed by atoms with van der Waals surface area (Å²) < 4.78 is 0. The van der Waals surface area contributed by atoms with Crippen molar-refractivity contribution in [3.63, 3.8) is 0 Å². The van der Waals surface area contributed by atoms with Gasteiger partial charge in [0.1, 0.15) is 0 Å². The predicted octanol–water partition coefficient (Wildman–Crippen LogP) is 1.32. The molecule has 0 atom stereocenters. The van der Waals surface area contributed by atoms with Crippen LogP contribution in [-0.4, -0.2) is 21.1 Å². The van der Waals surface area contributed by atoms with Gasteiger partial charge in [0.15, 0.2) is 0 Å². The highest BCUT2D eigenvalue weighted by molar-refractivity contribution is 5.26. The third-order valence-electron chi connectivity index (χ3n) is 2.56. The third-order valence-corrected chi connectivity index (χ3v) is 2.56. The Morgan fingerprint density at radius 1 is 1.43 bits per heavy atom. The van der Waals surface area contributed by atoms with Gasteiger partial charge in [0.2, 0.25) is 5.95 Å². The number of aromatic nitrogens is 2. The van der Waals surface area contributed by atoms with Gasteiger partial charge in [-0.15, -0.1) is 0 Å². The highest BCUT2D eigenvalue weighted by Crippen LogP contribution is 2.20. The van der Waals surface area contributed by atoms with Crippen LogP contribution in [0.4, 0.5) is 5.95 Å². The van der Waals surface area contributed by atoms with Crippen LogP contribution in [0.3, 0.4) is 0 Å². The summed E-state index contributed by atoms with van der Waals surface area (Å²) in [6.07, 6.45) is 6.66. The van der Waals surface area contributed by atoms with Crippen LogP contribution >= 0.6 is 0 Å². The quantitative estimate of drug-likeness (QED) is 0.760. The molecular weight excluding hydrogens is 178 g/mol. The fraction of sp³-hybridized carbons (Fsp3) is 0.600. The summed E-state index contributed by atoms with van der Waals surface area (Å²) in [6.45, 7) is -0.0259. The first kappa shape index (κ1) is 9.40. The summed E-state index contributed by atoms with van der Waals surface area (Å²) in [6, 6.07) is 2.24. The van der Waals surface area contributed by atoms with Gasteiger partial charge in [-0.2, -0.15) is 0 Å². The van der Waals surface area contributed by atoms with E-state index in [4.69, 9.17) is 5.11 Å². The third kappa shape index (κ3) is 2.20. The molecule has 0 aliphatic heterocycles. The summed E-state index contributed by atoms with van der Waals surface area (Å²) in [4.78, 5) is 8.30. The van der Waals surface area contributed by atoms with E-state index in [1.165, 1.54) is 25.7 Å². The minimum absolute atomic E-state index is 0.0259. The molecule has 1 aromatic heterocycles. The van der Waals surface area contributed by atoms with E-state index in [9.17, 15) is 0 Å². The van der Waals surface area contributed by atoms with Crippen molar-refractivity contribution in [3.05, 3.63) is 18.0 Å². The van der Waals surface area contributed by atoms with Crippen LogP contribution < -0.4 is 5.32 Å². The first-order valence-electron chi connectivity index (χ1n) is 5.08. The Kier molecular flexibility index (Phi) is 2.93. The molecule has 1 aromatic rings. The maximum Gasteiger partial charge on any atom is 0.223 e. The molecule has 0 aromatic carbocycles. The molecule has 0 spiro atoms. The number of aliphatic hydroxyl groups excluding tert-OH is 1. The Morgan fingerprint density at radius 3 is 2.93 bits per heavy atom. The van der Waals surface area contributed by atoms with E-state index in [1.54, 1.807) is 12.3 Å². The zero-order chi connectivity index (χ0) is 9.80. The van der Waals surface area contributed by atoms with Gasteiger partial charge in [-0.1, -0.05) is 12.8 Å². The Balaban J connectivity index is 2.00. The second-order valence-electron chi connectivity index (χ2n) is 3.66. The lowest BCUT2D eigenvalue weighted by atomic mass is 10.2. The van der Waals surface area contributed by atoms with E-state index in [1.807, 2.05) is 0 Å². The van der Waals surface area contributed by atoms with Crippen molar-refractivity contribution in [2.75, 3.05) is 5.32 Å². The molecule has 1 fully saturated rings. The SMILES string of the molecule is OCc1ccnc(NC2CCCC2)n1. The van der Waals surface area contributed by atoms with Crippen LogP contribution in [0.5, 0.6) is 0 Å². The first-order chi connectivity index (χ1) is 6.88. The predicted molar refractivity (Wildman–Crippen MR) is 53.8 cm³/mol. The summed E-state index contributed by atoms with van der Waals surface area (Å²) in [5.74, 6) is 0.642. The highest BCUT2D eigenvalue weighted by Gasteiger charge is 2.15. The molecule has 0 bridgehead atoms. The maximum absolute atomic E-state index is 8.90. The fourth-order valence-electron chi connectivity index (χ4n) is 1.81. The molecule has 0 radical (unpaired) electrons. The first-order valence-corrected chi connectivity index (χ1v) is 5.08. The van der Waals surface area contributed by atoms with Crippen molar-refractivity contribution in [2.24, 2.45) is 0 Å². The van der Waals surface area contributed by atoms with Crippen molar-refractivity contribution >= 4 is 5.95 Å². The highest BCUT2D eigenvalue weighted by atomic mass is 16.3. The van der Waals surface area contributed by atoms with E-state index in [0.717, 1.165) is 0 Å². The molecular formula is C10H15N3O. The van der Waals surface area contributed by atoms with E-state index in [-0.39, 0.29) is 6.61 Å². The van der Waals surface area contributed by atoms with E-state index in [0.29, 0.717) is 17.7 Å². The molecule has 1 aliphatic rings. The lowest BCUT2D eigenvalue weighted by Crippen LogP contribution is -2.16. The van der Waals surface area contributed by atoms with Crippen molar-refractivity contribution in [1.82, 2.24) is 9.97 Å². The van der Waals surface area contributed by atoms with Gasteiger partial charge in [-0.05, 0) is 18.9 Å². The van der Waals surface area contributed by atoms with Gasteiger partial charge < -0.3 is 10.4 Å². The van der Waals surface area contributed by atoms with Gasteiger partial charge in [0.25, 0.3) is 0 Å². The van der Waals surface area contributed by atoms with Crippen LogP contribution in [0.25, 0.3) is 0 Å². The van der Waals surface area contributed by atoms with Crippen LogP contribution in [0.15, 0.2) is 12.3 Å². The number of nitrogens with one attached hydrogen (secondary N) is 1. The molecule has 4 nitrogen and oxygen atoms in total. The van der Waals surface area contributed by atoms with Crippen LogP contribution in [-0.2, 0) is 6.61 Å². The van der Waals surface area contributed by atoms with Gasteiger partial charge in [0, 0.05) is 12.2 Å². The van der Waals surface area contributed by atoms with Crippen molar-refractivity contribution in [1.29, 1.82) is 0 Å². The number of hydrogen-bond donors (Lipinski definition) is 2. The van der Waals surface area contributed by atoms with Gasteiger partial charge >= 0.3 is 0 Å². The number of hydrogen-bond acceptors (Lipinski definition) is 4. The van der Waals surface area contributed by atoms with Gasteiger partial charge in [-0.3, -0.25) is 0 Å². The Labute approximate surface area is 83.4 Å². The molecule has 2 rings (SSSR count). The number of nitrogens with zero attached hydrogens (tertiary/aromatic N) is 2. The zero-order valence-corrected chi connectivity index (χ0v) is 8.11. The number of aliphatic hydroxyl groups is 1. The largest absolute Gasteiger partial charge is 0.390 e. The second-order valence-corrected chi connectivity index (χ2v) is 3.66. The van der Waals surface area contributed by atoms with Gasteiger partial charge in [-0.25, -0.2) is 9.97 Å². The zero-order valence-electron chi connectivity index (χ0n) is 8.11. The molecule has 0 saturated heterocycles. The molecule has 0 unspecified atom stereocenters. The standard InChI is InChI=1S/C10H15N3O/c14-7-9-5-6-11-10(13-9)12-8-3-1-2-4-8/h5-6,8,14H,1-4,7H2,(H,11,12,13). The minimum Gasteiger partial charge on any atom is -0.390 e. The molecule has 1 aliphatic carbocycles. The molecule has 1 heterocycles. The lowest BCUT2D eigenvalue weighted by Gasteiger charge is -2.11. The molecule has 76 valence electrons. The summed E-state index contributed by atoms with van der Waals surface area (Å²) in [7, 11) is 0. The van der Waals surface area contributed by atoms with Crippen LogP contribution in [0.1, 0.15) is 31.4 Å². The summed E-state index contributed by atoms with van der Waals surface area (Å²) >= 11 is 0. The molecule has 14 heavy (non-hydrogen) atoms. The summed E-state index contributed by atoms with van der Waals surface area (Å²) in [5.41, 5.74) is 0.667.